The third kappa shape index (κ3) is 4.41. The Balaban J connectivity index is 1.67. The Hall–Kier alpha value is -2.31. The van der Waals surface area contributed by atoms with Crippen molar-refractivity contribution in [3.05, 3.63) is 65.4 Å². The Morgan fingerprint density at radius 1 is 1.24 bits per heavy atom. The van der Waals surface area contributed by atoms with Crippen LogP contribution in [-0.2, 0) is 16.6 Å². The van der Waals surface area contributed by atoms with Crippen LogP contribution in [-0.4, -0.2) is 8.42 Å². The van der Waals surface area contributed by atoms with Gasteiger partial charge in [0.05, 0.1) is 0 Å². The standard InChI is InChI=1S/C19H21NO4S/c1-14-17(12-19(24-14)25(20,21)22)13-23-18-10-8-16(9-11-18)15-6-4-2-3-5-7-15/h2,4,6,8-12H,3,5,7,13H2,1H3,(H2,20,21,22). The van der Waals surface area contributed by atoms with Gasteiger partial charge in [-0.05, 0) is 49.5 Å². The van der Waals surface area contributed by atoms with Crippen LogP contribution in [0.2, 0.25) is 0 Å². The van der Waals surface area contributed by atoms with E-state index in [1.807, 2.05) is 24.3 Å². The van der Waals surface area contributed by atoms with E-state index in [0.29, 0.717) is 17.1 Å². The summed E-state index contributed by atoms with van der Waals surface area (Å²) in [5.41, 5.74) is 3.17. The van der Waals surface area contributed by atoms with Crippen LogP contribution in [0, 0.1) is 6.92 Å². The topological polar surface area (TPSA) is 82.5 Å². The molecule has 0 amide bonds. The van der Waals surface area contributed by atoms with Gasteiger partial charge in [0.25, 0.3) is 10.0 Å². The summed E-state index contributed by atoms with van der Waals surface area (Å²) in [5, 5.41) is 4.83. The highest BCUT2D eigenvalue weighted by atomic mass is 32.2. The number of ether oxygens (including phenoxy) is 1. The number of benzene rings is 1. The Morgan fingerprint density at radius 3 is 2.68 bits per heavy atom. The largest absolute Gasteiger partial charge is 0.489 e. The van der Waals surface area contributed by atoms with Crippen molar-refractivity contribution in [3.63, 3.8) is 0 Å². The summed E-state index contributed by atoms with van der Waals surface area (Å²) in [5.74, 6) is 1.20. The molecular formula is C19H21NO4S. The molecule has 0 bridgehead atoms. The SMILES string of the molecule is Cc1oc(S(N)(=O)=O)cc1COc1ccc(C2=CC=CCCC2)cc1. The molecule has 1 aromatic heterocycles. The second-order valence-corrected chi connectivity index (χ2v) is 7.51. The molecule has 0 radical (unpaired) electrons. The Bertz CT molecular complexity index is 905. The maximum absolute atomic E-state index is 11.3. The van der Waals surface area contributed by atoms with Crippen LogP contribution in [0.1, 0.15) is 36.1 Å². The normalized spacial score (nSPS) is 14.9. The summed E-state index contributed by atoms with van der Waals surface area (Å²) in [6, 6.07) is 9.32. The number of hydrogen-bond acceptors (Lipinski definition) is 4. The molecule has 132 valence electrons. The van der Waals surface area contributed by atoms with Crippen molar-refractivity contribution >= 4 is 15.6 Å². The van der Waals surface area contributed by atoms with Gasteiger partial charge in [0.2, 0.25) is 5.09 Å². The van der Waals surface area contributed by atoms with E-state index in [2.05, 4.69) is 18.2 Å². The number of sulfonamides is 1. The van der Waals surface area contributed by atoms with Crippen LogP contribution < -0.4 is 9.88 Å². The van der Waals surface area contributed by atoms with Crippen LogP contribution in [0.5, 0.6) is 5.75 Å². The molecule has 0 spiro atoms. The highest BCUT2D eigenvalue weighted by molar-refractivity contribution is 7.89. The van der Waals surface area contributed by atoms with E-state index in [4.69, 9.17) is 14.3 Å². The van der Waals surface area contributed by atoms with Crippen LogP contribution >= 0.6 is 0 Å². The minimum absolute atomic E-state index is 0.218. The average Bonchev–Trinajstić information content (AvgIpc) is 2.79. The predicted octanol–water partition coefficient (Wildman–Crippen LogP) is 3.94. The quantitative estimate of drug-likeness (QED) is 0.876. The monoisotopic (exact) mass is 359 g/mol. The van der Waals surface area contributed by atoms with Gasteiger partial charge in [-0.15, -0.1) is 0 Å². The molecule has 0 aliphatic heterocycles. The van der Waals surface area contributed by atoms with E-state index in [1.54, 1.807) is 6.92 Å². The van der Waals surface area contributed by atoms with Crippen molar-refractivity contribution < 1.29 is 17.6 Å². The summed E-state index contributed by atoms with van der Waals surface area (Å²) >= 11 is 0. The van der Waals surface area contributed by atoms with Gasteiger partial charge < -0.3 is 9.15 Å². The molecule has 1 aliphatic carbocycles. The molecule has 0 saturated heterocycles. The van der Waals surface area contributed by atoms with Gasteiger partial charge in [0.1, 0.15) is 18.1 Å². The number of primary sulfonamides is 1. The number of allylic oxidation sites excluding steroid dienone is 4. The molecule has 2 N–H and O–H groups in total. The van der Waals surface area contributed by atoms with Gasteiger partial charge in [-0.3, -0.25) is 0 Å². The Morgan fingerprint density at radius 2 is 2.00 bits per heavy atom. The van der Waals surface area contributed by atoms with Crippen molar-refractivity contribution in [1.29, 1.82) is 0 Å². The number of aryl methyl sites for hydroxylation is 1. The molecule has 5 nitrogen and oxygen atoms in total. The number of nitrogens with two attached hydrogens (primary N) is 1. The minimum Gasteiger partial charge on any atom is -0.489 e. The molecule has 0 saturated carbocycles. The van der Waals surface area contributed by atoms with Crippen molar-refractivity contribution in [2.24, 2.45) is 5.14 Å². The molecular weight excluding hydrogens is 338 g/mol. The third-order valence-corrected chi connectivity index (χ3v) is 4.91. The van der Waals surface area contributed by atoms with E-state index >= 15 is 0 Å². The van der Waals surface area contributed by atoms with E-state index in [-0.39, 0.29) is 11.7 Å². The van der Waals surface area contributed by atoms with Crippen molar-refractivity contribution in [2.45, 2.75) is 37.9 Å². The van der Waals surface area contributed by atoms with Gasteiger partial charge >= 0.3 is 0 Å². The van der Waals surface area contributed by atoms with Gasteiger partial charge in [0, 0.05) is 11.6 Å². The van der Waals surface area contributed by atoms with Crippen LogP contribution in [0.3, 0.4) is 0 Å². The fourth-order valence-corrected chi connectivity index (χ4v) is 3.26. The van der Waals surface area contributed by atoms with E-state index < -0.39 is 10.0 Å². The first-order valence-corrected chi connectivity index (χ1v) is 9.69. The third-order valence-electron chi connectivity index (χ3n) is 4.15. The van der Waals surface area contributed by atoms with Crippen molar-refractivity contribution in [3.8, 4) is 5.75 Å². The fourth-order valence-electron chi connectivity index (χ4n) is 2.71. The van der Waals surface area contributed by atoms with E-state index in [1.165, 1.54) is 17.2 Å². The molecule has 0 fully saturated rings. The molecule has 25 heavy (non-hydrogen) atoms. The van der Waals surface area contributed by atoms with Gasteiger partial charge in [-0.2, -0.15) is 0 Å². The zero-order valence-electron chi connectivity index (χ0n) is 14.1. The highest BCUT2D eigenvalue weighted by Crippen LogP contribution is 2.26. The lowest BCUT2D eigenvalue weighted by Gasteiger charge is -2.08. The van der Waals surface area contributed by atoms with Crippen molar-refractivity contribution in [1.82, 2.24) is 0 Å². The smallest absolute Gasteiger partial charge is 0.271 e. The zero-order valence-corrected chi connectivity index (χ0v) is 14.9. The maximum Gasteiger partial charge on any atom is 0.271 e. The molecule has 1 heterocycles. The van der Waals surface area contributed by atoms with Crippen molar-refractivity contribution in [2.75, 3.05) is 0 Å². The minimum atomic E-state index is -3.84. The lowest BCUT2D eigenvalue weighted by Crippen LogP contribution is -2.10. The fraction of sp³-hybridized carbons (Fsp3) is 0.263. The summed E-state index contributed by atoms with van der Waals surface area (Å²) < 4.78 is 33.5. The van der Waals surface area contributed by atoms with Crippen LogP contribution in [0.15, 0.2) is 58.1 Å². The summed E-state index contributed by atoms with van der Waals surface area (Å²) in [4.78, 5) is 0. The highest BCUT2D eigenvalue weighted by Gasteiger charge is 2.16. The lowest BCUT2D eigenvalue weighted by molar-refractivity contribution is 0.302. The molecule has 6 heteroatoms. The molecule has 1 aliphatic rings. The maximum atomic E-state index is 11.3. The number of rotatable bonds is 5. The first-order chi connectivity index (χ1) is 11.9. The average molecular weight is 359 g/mol. The van der Waals surface area contributed by atoms with Gasteiger partial charge in [-0.25, -0.2) is 13.6 Å². The lowest BCUT2D eigenvalue weighted by atomic mass is 10.0. The van der Waals surface area contributed by atoms with Gasteiger partial charge in [0.15, 0.2) is 0 Å². The Kier molecular flexibility index (Phi) is 5.11. The van der Waals surface area contributed by atoms with E-state index in [0.717, 1.165) is 19.3 Å². The summed E-state index contributed by atoms with van der Waals surface area (Å²) in [6.45, 7) is 1.90. The first kappa shape index (κ1) is 17.5. The first-order valence-electron chi connectivity index (χ1n) is 8.14. The Labute approximate surface area is 147 Å². The number of furan rings is 1. The molecule has 0 unspecified atom stereocenters. The molecule has 0 atom stereocenters. The zero-order chi connectivity index (χ0) is 17.9. The molecule has 2 aromatic rings. The predicted molar refractivity (Wildman–Crippen MR) is 96.6 cm³/mol. The molecule has 3 rings (SSSR count). The van der Waals surface area contributed by atoms with Gasteiger partial charge in [-0.1, -0.05) is 30.4 Å². The summed E-state index contributed by atoms with van der Waals surface area (Å²) in [7, 11) is -3.84. The second kappa shape index (κ2) is 7.29. The van der Waals surface area contributed by atoms with Crippen LogP contribution in [0.4, 0.5) is 0 Å². The molecule has 1 aromatic carbocycles. The summed E-state index contributed by atoms with van der Waals surface area (Å²) in [6.07, 6.45) is 9.80. The van der Waals surface area contributed by atoms with E-state index in [9.17, 15) is 8.42 Å². The van der Waals surface area contributed by atoms with Crippen LogP contribution in [0.25, 0.3) is 5.57 Å². The second-order valence-electron chi connectivity index (χ2n) is 6.02. The number of hydrogen-bond donors (Lipinski definition) is 1.